The van der Waals surface area contributed by atoms with Crippen LogP contribution in [0.2, 0.25) is 0 Å². The average molecular weight is 300 g/mol. The standard InChI is InChI=1S/C18H20O4/c1-11-12(2)17(22-10-14-8-6-5-7-9-14)16(21-4)13(3)15(11)18(19)20/h5-9H,10H2,1-4H3,(H,19,20). The number of hydrogen-bond donors (Lipinski definition) is 1. The van der Waals surface area contributed by atoms with Gasteiger partial charge in [0.2, 0.25) is 0 Å². The topological polar surface area (TPSA) is 55.8 Å². The Kier molecular flexibility index (Phi) is 4.71. The fourth-order valence-electron chi connectivity index (χ4n) is 2.56. The van der Waals surface area contributed by atoms with E-state index in [9.17, 15) is 9.90 Å². The van der Waals surface area contributed by atoms with Gasteiger partial charge in [0.25, 0.3) is 0 Å². The smallest absolute Gasteiger partial charge is 0.336 e. The maximum absolute atomic E-state index is 11.5. The normalized spacial score (nSPS) is 10.4. The fourth-order valence-corrected chi connectivity index (χ4v) is 2.56. The van der Waals surface area contributed by atoms with E-state index in [0.29, 0.717) is 29.2 Å². The molecule has 2 aromatic rings. The van der Waals surface area contributed by atoms with Crippen LogP contribution < -0.4 is 9.47 Å². The van der Waals surface area contributed by atoms with Crippen LogP contribution in [0.1, 0.15) is 32.6 Å². The number of aromatic carboxylic acids is 1. The summed E-state index contributed by atoms with van der Waals surface area (Å²) in [4.78, 5) is 11.5. The molecule has 0 aliphatic heterocycles. The van der Waals surface area contributed by atoms with Crippen LogP contribution in [-0.2, 0) is 6.61 Å². The van der Waals surface area contributed by atoms with E-state index in [0.717, 1.165) is 11.1 Å². The van der Waals surface area contributed by atoms with Gasteiger partial charge < -0.3 is 14.6 Å². The van der Waals surface area contributed by atoms with Gasteiger partial charge in [-0.15, -0.1) is 0 Å². The van der Waals surface area contributed by atoms with Crippen LogP contribution in [0.15, 0.2) is 30.3 Å². The molecule has 116 valence electrons. The molecule has 0 saturated heterocycles. The second-order valence-corrected chi connectivity index (χ2v) is 5.19. The molecule has 0 aliphatic carbocycles. The van der Waals surface area contributed by atoms with Gasteiger partial charge in [0.15, 0.2) is 11.5 Å². The Labute approximate surface area is 130 Å². The first-order valence-corrected chi connectivity index (χ1v) is 7.05. The third-order valence-corrected chi connectivity index (χ3v) is 3.84. The molecule has 1 N–H and O–H groups in total. The van der Waals surface area contributed by atoms with Gasteiger partial charge in [-0.1, -0.05) is 30.3 Å². The number of rotatable bonds is 5. The third-order valence-electron chi connectivity index (χ3n) is 3.84. The van der Waals surface area contributed by atoms with Crippen molar-refractivity contribution in [3.05, 3.63) is 58.1 Å². The maximum atomic E-state index is 11.5. The zero-order valence-electron chi connectivity index (χ0n) is 13.3. The quantitative estimate of drug-likeness (QED) is 0.910. The molecule has 0 radical (unpaired) electrons. The van der Waals surface area contributed by atoms with Crippen molar-refractivity contribution in [2.24, 2.45) is 0 Å². The summed E-state index contributed by atoms with van der Waals surface area (Å²) in [5, 5.41) is 9.39. The van der Waals surface area contributed by atoms with Crippen LogP contribution in [-0.4, -0.2) is 18.2 Å². The summed E-state index contributed by atoms with van der Waals surface area (Å²) < 4.78 is 11.3. The zero-order valence-corrected chi connectivity index (χ0v) is 13.3. The first-order valence-electron chi connectivity index (χ1n) is 7.05. The van der Waals surface area contributed by atoms with E-state index in [2.05, 4.69) is 0 Å². The molecule has 0 aliphatic rings. The maximum Gasteiger partial charge on any atom is 0.336 e. The number of hydrogen-bond acceptors (Lipinski definition) is 3. The number of benzene rings is 2. The van der Waals surface area contributed by atoms with E-state index in [4.69, 9.17) is 9.47 Å². The number of methoxy groups -OCH3 is 1. The van der Waals surface area contributed by atoms with E-state index in [-0.39, 0.29) is 5.56 Å². The lowest BCUT2D eigenvalue weighted by molar-refractivity contribution is 0.0694. The van der Waals surface area contributed by atoms with Crippen molar-refractivity contribution in [1.82, 2.24) is 0 Å². The summed E-state index contributed by atoms with van der Waals surface area (Å²) in [5.41, 5.74) is 3.40. The molecule has 0 spiro atoms. The van der Waals surface area contributed by atoms with Crippen molar-refractivity contribution in [3.8, 4) is 11.5 Å². The summed E-state index contributed by atoms with van der Waals surface area (Å²) in [7, 11) is 1.53. The van der Waals surface area contributed by atoms with E-state index < -0.39 is 5.97 Å². The number of carboxylic acid groups (broad SMARTS) is 1. The monoisotopic (exact) mass is 300 g/mol. The lowest BCUT2D eigenvalue weighted by Crippen LogP contribution is -2.09. The predicted molar refractivity (Wildman–Crippen MR) is 84.9 cm³/mol. The van der Waals surface area contributed by atoms with Crippen LogP contribution in [0.4, 0.5) is 0 Å². The Morgan fingerprint density at radius 1 is 1.00 bits per heavy atom. The molecule has 22 heavy (non-hydrogen) atoms. The van der Waals surface area contributed by atoms with Crippen molar-refractivity contribution in [2.45, 2.75) is 27.4 Å². The molecule has 0 saturated carbocycles. The first-order chi connectivity index (χ1) is 10.5. The molecule has 0 aromatic heterocycles. The minimum atomic E-state index is -0.953. The fraction of sp³-hybridized carbons (Fsp3) is 0.278. The van der Waals surface area contributed by atoms with Crippen molar-refractivity contribution in [3.63, 3.8) is 0 Å². The number of carbonyl (C=O) groups is 1. The molecule has 0 atom stereocenters. The van der Waals surface area contributed by atoms with Crippen molar-refractivity contribution in [2.75, 3.05) is 7.11 Å². The van der Waals surface area contributed by atoms with E-state index in [1.54, 1.807) is 13.8 Å². The molecule has 4 nitrogen and oxygen atoms in total. The first kappa shape index (κ1) is 15.9. The average Bonchev–Trinajstić information content (AvgIpc) is 2.50. The molecule has 0 heterocycles. The van der Waals surface area contributed by atoms with Crippen molar-refractivity contribution in [1.29, 1.82) is 0 Å². The minimum Gasteiger partial charge on any atom is -0.493 e. The Bertz CT molecular complexity index is 690. The van der Waals surface area contributed by atoms with Gasteiger partial charge in [0.1, 0.15) is 6.61 Å². The highest BCUT2D eigenvalue weighted by molar-refractivity contribution is 5.93. The Hall–Kier alpha value is -2.49. The minimum absolute atomic E-state index is 0.279. The van der Waals surface area contributed by atoms with Crippen molar-refractivity contribution < 1.29 is 19.4 Å². The van der Waals surface area contributed by atoms with Gasteiger partial charge in [0.05, 0.1) is 12.7 Å². The number of ether oxygens (including phenoxy) is 2. The van der Waals surface area contributed by atoms with Gasteiger partial charge >= 0.3 is 5.97 Å². The van der Waals surface area contributed by atoms with Gasteiger partial charge in [0, 0.05) is 5.56 Å². The molecule has 0 amide bonds. The highest BCUT2D eigenvalue weighted by Gasteiger charge is 2.23. The molecule has 0 bridgehead atoms. The summed E-state index contributed by atoms with van der Waals surface area (Å²) in [6.07, 6.45) is 0. The Morgan fingerprint density at radius 3 is 2.18 bits per heavy atom. The van der Waals surface area contributed by atoms with Crippen LogP contribution in [0.3, 0.4) is 0 Å². The summed E-state index contributed by atoms with van der Waals surface area (Å²) in [6, 6.07) is 9.81. The molecule has 0 fully saturated rings. The van der Waals surface area contributed by atoms with Gasteiger partial charge in [-0.25, -0.2) is 4.79 Å². The largest absolute Gasteiger partial charge is 0.493 e. The second kappa shape index (κ2) is 6.52. The van der Waals surface area contributed by atoms with Crippen LogP contribution in [0.5, 0.6) is 11.5 Å². The highest BCUT2D eigenvalue weighted by Crippen LogP contribution is 2.39. The van der Waals surface area contributed by atoms with Gasteiger partial charge in [-0.2, -0.15) is 0 Å². The molecule has 4 heteroatoms. The highest BCUT2D eigenvalue weighted by atomic mass is 16.5. The number of carboxylic acids is 1. The molecular formula is C18H20O4. The summed E-state index contributed by atoms with van der Waals surface area (Å²) >= 11 is 0. The van der Waals surface area contributed by atoms with Gasteiger partial charge in [-0.3, -0.25) is 0 Å². The Balaban J connectivity index is 2.45. The van der Waals surface area contributed by atoms with Crippen LogP contribution >= 0.6 is 0 Å². The van der Waals surface area contributed by atoms with E-state index >= 15 is 0 Å². The molecule has 2 aromatic carbocycles. The molecule has 0 unspecified atom stereocenters. The van der Waals surface area contributed by atoms with E-state index in [1.165, 1.54) is 7.11 Å². The summed E-state index contributed by atoms with van der Waals surface area (Å²) in [5.74, 6) is 0.133. The lowest BCUT2D eigenvalue weighted by atomic mass is 9.96. The van der Waals surface area contributed by atoms with E-state index in [1.807, 2.05) is 37.3 Å². The Morgan fingerprint density at radius 2 is 1.64 bits per heavy atom. The molecular weight excluding hydrogens is 280 g/mol. The van der Waals surface area contributed by atoms with Crippen LogP contribution in [0.25, 0.3) is 0 Å². The molecule has 2 rings (SSSR count). The van der Waals surface area contributed by atoms with Crippen LogP contribution in [0, 0.1) is 20.8 Å². The second-order valence-electron chi connectivity index (χ2n) is 5.19. The SMILES string of the molecule is COc1c(C)c(C(=O)O)c(C)c(C)c1OCc1ccccc1. The van der Waals surface area contributed by atoms with Crippen molar-refractivity contribution >= 4 is 5.97 Å². The van der Waals surface area contributed by atoms with Gasteiger partial charge in [-0.05, 0) is 37.5 Å². The summed E-state index contributed by atoms with van der Waals surface area (Å²) in [6.45, 7) is 5.79. The zero-order chi connectivity index (χ0) is 16.3. The lowest BCUT2D eigenvalue weighted by Gasteiger charge is -2.19. The third kappa shape index (κ3) is 2.91. The predicted octanol–water partition coefficient (Wildman–Crippen LogP) is 3.90.